The maximum Gasteiger partial charge on any atom is 0.286 e. The average Bonchev–Trinajstić information content (AvgIpc) is 3.53. The quantitative estimate of drug-likeness (QED) is 0.520. The molecule has 2 aliphatic rings. The predicted molar refractivity (Wildman–Crippen MR) is 125 cm³/mol. The molecule has 0 spiro atoms. The number of amides is 2. The largest absolute Gasteiger partial charge is 0.459 e. The zero-order valence-corrected chi connectivity index (χ0v) is 19.4. The Morgan fingerprint density at radius 3 is 2.76 bits per heavy atom. The maximum atomic E-state index is 12.8. The summed E-state index contributed by atoms with van der Waals surface area (Å²) in [5.74, 6) is 0.248. The minimum Gasteiger partial charge on any atom is -0.459 e. The molecule has 2 N–H and O–H groups in total. The molecule has 176 valence electrons. The molecule has 0 bridgehead atoms. The Balaban J connectivity index is 1.33. The fourth-order valence-electron chi connectivity index (χ4n) is 4.07. The lowest BCUT2D eigenvalue weighted by atomic mass is 9.95. The highest BCUT2D eigenvalue weighted by Gasteiger charge is 2.29. The number of hydrogen-bond donors (Lipinski definition) is 2. The second kappa shape index (κ2) is 11.4. The van der Waals surface area contributed by atoms with Gasteiger partial charge in [0.25, 0.3) is 5.91 Å². The second-order valence-corrected chi connectivity index (χ2v) is 9.14. The lowest BCUT2D eigenvalue weighted by Gasteiger charge is -2.29. The van der Waals surface area contributed by atoms with Crippen LogP contribution < -0.4 is 5.32 Å². The number of allylic oxidation sites excluding steroid dienone is 1. The smallest absolute Gasteiger partial charge is 0.286 e. The monoisotopic (exact) mass is 470 g/mol. The summed E-state index contributed by atoms with van der Waals surface area (Å²) in [7, 11) is 0. The number of aliphatic hydroxyl groups is 1. The van der Waals surface area contributed by atoms with Crippen molar-refractivity contribution in [3.63, 3.8) is 0 Å². The molecule has 2 aliphatic heterocycles. The standard InChI is InChI=1S/C25H30N2O5S/c28-15-18-4-6-19(7-5-18)16-31-24-14-21(20-8-12-33-17-20)13-22(32-24)25(30)26-9-2-11-27-10-1-3-23(27)29/h4-8,12-13,17,21,24,28H,1-3,9-11,14-16H2,(H,26,30)/t21-,24+/m1/s1. The van der Waals surface area contributed by atoms with Gasteiger partial charge in [-0.2, -0.15) is 11.3 Å². The summed E-state index contributed by atoms with van der Waals surface area (Å²) < 4.78 is 11.9. The summed E-state index contributed by atoms with van der Waals surface area (Å²) in [5, 5.41) is 16.2. The van der Waals surface area contributed by atoms with Gasteiger partial charge in [0.2, 0.25) is 12.2 Å². The molecule has 1 aromatic carbocycles. The van der Waals surface area contributed by atoms with Gasteiger partial charge in [-0.3, -0.25) is 9.59 Å². The van der Waals surface area contributed by atoms with E-state index in [4.69, 9.17) is 9.47 Å². The minimum atomic E-state index is -0.541. The number of hydrogen-bond acceptors (Lipinski definition) is 6. The fraction of sp³-hybridized carbons (Fsp3) is 0.440. The fourth-order valence-corrected chi connectivity index (χ4v) is 4.79. The van der Waals surface area contributed by atoms with E-state index in [1.807, 2.05) is 40.6 Å². The van der Waals surface area contributed by atoms with Crippen LogP contribution in [0.1, 0.15) is 48.3 Å². The number of benzene rings is 1. The van der Waals surface area contributed by atoms with Crippen molar-refractivity contribution in [3.05, 3.63) is 69.6 Å². The molecule has 0 aliphatic carbocycles. The van der Waals surface area contributed by atoms with Crippen LogP contribution in [0.5, 0.6) is 0 Å². The summed E-state index contributed by atoms with van der Waals surface area (Å²) in [5.41, 5.74) is 2.96. The van der Waals surface area contributed by atoms with Crippen molar-refractivity contribution >= 4 is 23.2 Å². The average molecular weight is 471 g/mol. The van der Waals surface area contributed by atoms with E-state index in [0.29, 0.717) is 39.0 Å². The highest BCUT2D eigenvalue weighted by molar-refractivity contribution is 7.08. The minimum absolute atomic E-state index is 0.00675. The number of likely N-dealkylation sites (tertiary alicyclic amines) is 1. The highest BCUT2D eigenvalue weighted by Crippen LogP contribution is 2.33. The van der Waals surface area contributed by atoms with E-state index in [1.54, 1.807) is 11.3 Å². The SMILES string of the molecule is O=C(NCCCN1CCCC1=O)C1=C[C@@H](c2ccsc2)C[C@@H](OCc2ccc(CO)cc2)O1. The Morgan fingerprint density at radius 2 is 2.06 bits per heavy atom. The van der Waals surface area contributed by atoms with Crippen molar-refractivity contribution in [3.8, 4) is 0 Å². The second-order valence-electron chi connectivity index (χ2n) is 8.36. The number of thiophene rings is 1. The van der Waals surface area contributed by atoms with Crippen molar-refractivity contribution < 1.29 is 24.2 Å². The normalized spacial score (nSPS) is 20.5. The van der Waals surface area contributed by atoms with Crippen molar-refractivity contribution in [2.45, 2.75) is 51.1 Å². The van der Waals surface area contributed by atoms with E-state index in [2.05, 4.69) is 16.8 Å². The number of aliphatic hydroxyl groups excluding tert-OH is 1. The van der Waals surface area contributed by atoms with Crippen molar-refractivity contribution in [2.24, 2.45) is 0 Å². The van der Waals surface area contributed by atoms with Gasteiger partial charge in [0.05, 0.1) is 13.2 Å². The van der Waals surface area contributed by atoms with E-state index < -0.39 is 6.29 Å². The molecule has 2 amide bonds. The molecule has 0 radical (unpaired) electrons. The molecule has 1 aromatic heterocycles. The Bertz CT molecular complexity index is 958. The molecule has 1 fully saturated rings. The molecule has 33 heavy (non-hydrogen) atoms. The van der Waals surface area contributed by atoms with E-state index in [-0.39, 0.29) is 30.1 Å². The lowest BCUT2D eigenvalue weighted by Crippen LogP contribution is -2.34. The van der Waals surface area contributed by atoms with Crippen LogP contribution in [-0.2, 0) is 32.3 Å². The zero-order valence-electron chi connectivity index (χ0n) is 18.6. The van der Waals surface area contributed by atoms with Gasteiger partial charge in [0.15, 0.2) is 5.76 Å². The number of carbonyl (C=O) groups excluding carboxylic acids is 2. The molecule has 2 atom stereocenters. The van der Waals surface area contributed by atoms with Crippen LogP contribution in [0.2, 0.25) is 0 Å². The highest BCUT2D eigenvalue weighted by atomic mass is 32.1. The first-order valence-corrected chi connectivity index (χ1v) is 12.3. The van der Waals surface area contributed by atoms with Gasteiger partial charge in [0.1, 0.15) is 0 Å². The third kappa shape index (κ3) is 6.43. The summed E-state index contributed by atoms with van der Waals surface area (Å²) in [6, 6.07) is 9.62. The third-order valence-corrected chi connectivity index (χ3v) is 6.66. The van der Waals surface area contributed by atoms with E-state index in [1.165, 1.54) is 0 Å². The van der Waals surface area contributed by atoms with E-state index in [9.17, 15) is 14.7 Å². The van der Waals surface area contributed by atoms with E-state index >= 15 is 0 Å². The number of nitrogens with one attached hydrogen (secondary N) is 1. The summed E-state index contributed by atoms with van der Waals surface area (Å²) in [4.78, 5) is 26.4. The zero-order chi connectivity index (χ0) is 23.0. The predicted octanol–water partition coefficient (Wildman–Crippen LogP) is 3.30. The van der Waals surface area contributed by atoms with Gasteiger partial charge in [0, 0.05) is 38.4 Å². The maximum absolute atomic E-state index is 12.8. The van der Waals surface area contributed by atoms with Crippen LogP contribution in [0, 0.1) is 0 Å². The van der Waals surface area contributed by atoms with Gasteiger partial charge >= 0.3 is 0 Å². The van der Waals surface area contributed by atoms with Crippen LogP contribution >= 0.6 is 11.3 Å². The first-order valence-electron chi connectivity index (χ1n) is 11.4. The van der Waals surface area contributed by atoms with Crippen molar-refractivity contribution in [1.29, 1.82) is 0 Å². The van der Waals surface area contributed by atoms with Crippen molar-refractivity contribution in [2.75, 3.05) is 19.6 Å². The van der Waals surface area contributed by atoms with Crippen LogP contribution in [0.15, 0.2) is 52.9 Å². The molecule has 8 heteroatoms. The Labute approximate surface area is 198 Å². The molecule has 7 nitrogen and oxygen atoms in total. The first kappa shape index (κ1) is 23.5. The third-order valence-electron chi connectivity index (χ3n) is 5.96. The van der Waals surface area contributed by atoms with Crippen LogP contribution in [0.25, 0.3) is 0 Å². The summed E-state index contributed by atoms with van der Waals surface area (Å²) >= 11 is 1.62. The van der Waals surface area contributed by atoms with Crippen molar-refractivity contribution in [1.82, 2.24) is 10.2 Å². The Morgan fingerprint density at radius 1 is 1.24 bits per heavy atom. The topological polar surface area (TPSA) is 88.1 Å². The molecular weight excluding hydrogens is 440 g/mol. The number of carbonyl (C=O) groups is 2. The molecular formula is C25H30N2O5S. The summed E-state index contributed by atoms with van der Waals surface area (Å²) in [6.45, 7) is 2.32. The molecule has 3 heterocycles. The van der Waals surface area contributed by atoms with E-state index in [0.717, 1.165) is 29.7 Å². The Hall–Kier alpha value is -2.68. The number of ether oxygens (including phenoxy) is 2. The molecule has 0 unspecified atom stereocenters. The van der Waals surface area contributed by atoms with Gasteiger partial charge in [-0.15, -0.1) is 0 Å². The summed E-state index contributed by atoms with van der Waals surface area (Å²) in [6.07, 6.45) is 4.21. The number of rotatable bonds is 10. The molecule has 2 aromatic rings. The van der Waals surface area contributed by atoms with Gasteiger partial charge < -0.3 is 24.8 Å². The molecule has 4 rings (SSSR count). The van der Waals surface area contributed by atoms with Crippen LogP contribution in [0.4, 0.5) is 0 Å². The lowest BCUT2D eigenvalue weighted by molar-refractivity contribution is -0.150. The molecule has 1 saturated heterocycles. The van der Waals surface area contributed by atoms with Crippen LogP contribution in [0.3, 0.4) is 0 Å². The van der Waals surface area contributed by atoms with Gasteiger partial charge in [-0.05, 0) is 52.4 Å². The number of nitrogens with zero attached hydrogens (tertiary/aromatic N) is 1. The first-order chi connectivity index (χ1) is 16.1. The Kier molecular flexibility index (Phi) is 8.15. The van der Waals surface area contributed by atoms with Crippen LogP contribution in [-0.4, -0.2) is 47.7 Å². The van der Waals surface area contributed by atoms with Gasteiger partial charge in [-0.25, -0.2) is 0 Å². The van der Waals surface area contributed by atoms with Gasteiger partial charge in [-0.1, -0.05) is 24.3 Å². The molecule has 0 saturated carbocycles.